The number of nitrogens with zero attached hydrogens (tertiary/aromatic N) is 2. The highest BCUT2D eigenvalue weighted by Crippen LogP contribution is 2.32. The number of aliphatic carboxylic acids is 1. The summed E-state index contributed by atoms with van der Waals surface area (Å²) in [5, 5.41) is 9.60. The first-order valence-corrected chi connectivity index (χ1v) is 6.99. The minimum Gasteiger partial charge on any atom is -0.480 e. The summed E-state index contributed by atoms with van der Waals surface area (Å²) >= 11 is 0. The number of likely N-dealkylation sites (N-methyl/N-ethyl adjacent to an activating group) is 1. The Morgan fingerprint density at radius 1 is 1.53 bits per heavy atom. The number of carbonyl (C=O) groups is 1. The van der Waals surface area contributed by atoms with E-state index < -0.39 is 11.5 Å². The summed E-state index contributed by atoms with van der Waals surface area (Å²) in [4.78, 5) is 17.8. The fourth-order valence-electron chi connectivity index (χ4n) is 3.00. The van der Waals surface area contributed by atoms with Gasteiger partial charge in [0.1, 0.15) is 5.54 Å². The maximum absolute atomic E-state index is 11.7. The van der Waals surface area contributed by atoms with E-state index in [0.29, 0.717) is 6.42 Å². The fraction of sp³-hybridized carbons (Fsp3) is 0.600. The van der Waals surface area contributed by atoms with E-state index in [1.165, 1.54) is 5.56 Å². The molecule has 0 spiro atoms. The maximum Gasteiger partial charge on any atom is 0.324 e. The lowest BCUT2D eigenvalue weighted by atomic mass is 9.82. The molecule has 1 saturated heterocycles. The van der Waals surface area contributed by atoms with Crippen LogP contribution in [0.5, 0.6) is 0 Å². The molecule has 1 atom stereocenters. The van der Waals surface area contributed by atoms with Gasteiger partial charge in [0.15, 0.2) is 0 Å². The third-order valence-corrected chi connectivity index (χ3v) is 4.24. The lowest BCUT2D eigenvalue weighted by Gasteiger charge is -2.42. The second kappa shape index (κ2) is 6.15. The zero-order valence-electron chi connectivity index (χ0n) is 11.5. The Morgan fingerprint density at radius 3 is 3.00 bits per heavy atom. The largest absolute Gasteiger partial charge is 0.480 e. The predicted molar refractivity (Wildman–Crippen MR) is 74.0 cm³/mol. The van der Waals surface area contributed by atoms with Gasteiger partial charge in [-0.2, -0.15) is 0 Å². The Balaban J connectivity index is 1.96. The van der Waals surface area contributed by atoms with E-state index in [1.54, 1.807) is 6.20 Å². The molecule has 0 saturated carbocycles. The molecule has 2 heterocycles. The number of carboxylic acid groups (broad SMARTS) is 1. The van der Waals surface area contributed by atoms with Crippen molar-refractivity contribution in [3.63, 3.8) is 0 Å². The summed E-state index contributed by atoms with van der Waals surface area (Å²) in [5.74, 6) is -0.666. The molecular formula is C15H22N2O2. The van der Waals surface area contributed by atoms with Crippen LogP contribution in [0.1, 0.15) is 37.7 Å². The molecule has 1 aliphatic rings. The van der Waals surface area contributed by atoms with Crippen molar-refractivity contribution in [1.29, 1.82) is 0 Å². The van der Waals surface area contributed by atoms with Crippen LogP contribution in [0.2, 0.25) is 0 Å². The summed E-state index contributed by atoms with van der Waals surface area (Å²) in [6.45, 7) is 0.888. The Kier molecular flexibility index (Phi) is 4.53. The molecule has 2 rings (SSSR count). The van der Waals surface area contributed by atoms with Crippen molar-refractivity contribution in [3.8, 4) is 0 Å². The van der Waals surface area contributed by atoms with E-state index >= 15 is 0 Å². The zero-order valence-corrected chi connectivity index (χ0v) is 11.5. The highest BCUT2D eigenvalue weighted by atomic mass is 16.4. The van der Waals surface area contributed by atoms with E-state index in [0.717, 1.165) is 38.6 Å². The smallest absolute Gasteiger partial charge is 0.324 e. The van der Waals surface area contributed by atoms with Crippen LogP contribution in [-0.4, -0.2) is 40.1 Å². The molecule has 1 aliphatic heterocycles. The number of aryl methyl sites for hydroxylation is 1. The lowest BCUT2D eigenvalue weighted by molar-refractivity contribution is -0.153. The maximum atomic E-state index is 11.7. The number of pyridine rings is 1. The first-order chi connectivity index (χ1) is 9.15. The van der Waals surface area contributed by atoms with Crippen LogP contribution in [0.25, 0.3) is 0 Å². The fourth-order valence-corrected chi connectivity index (χ4v) is 3.00. The van der Waals surface area contributed by atoms with Gasteiger partial charge >= 0.3 is 5.97 Å². The lowest BCUT2D eigenvalue weighted by Crippen LogP contribution is -2.55. The third kappa shape index (κ3) is 3.13. The summed E-state index contributed by atoms with van der Waals surface area (Å²) < 4.78 is 0. The zero-order chi connectivity index (χ0) is 13.7. The Hall–Kier alpha value is -1.42. The minimum absolute atomic E-state index is 0.652. The molecule has 4 heteroatoms. The molecule has 104 valence electrons. The number of aromatic nitrogens is 1. The molecule has 1 unspecified atom stereocenters. The number of hydrogen-bond donors (Lipinski definition) is 1. The van der Waals surface area contributed by atoms with Crippen LogP contribution in [0.4, 0.5) is 0 Å². The highest BCUT2D eigenvalue weighted by Gasteiger charge is 2.43. The van der Waals surface area contributed by atoms with Crippen molar-refractivity contribution in [1.82, 2.24) is 9.88 Å². The number of piperidine rings is 1. The van der Waals surface area contributed by atoms with Crippen LogP contribution in [-0.2, 0) is 11.2 Å². The average Bonchev–Trinajstić information content (AvgIpc) is 2.42. The second-order valence-corrected chi connectivity index (χ2v) is 5.43. The molecule has 0 bridgehead atoms. The van der Waals surface area contributed by atoms with Gasteiger partial charge in [0.2, 0.25) is 0 Å². The topological polar surface area (TPSA) is 53.4 Å². The summed E-state index contributed by atoms with van der Waals surface area (Å²) in [7, 11) is 1.94. The van der Waals surface area contributed by atoms with Crippen LogP contribution in [0.3, 0.4) is 0 Å². The number of hydrogen-bond acceptors (Lipinski definition) is 3. The van der Waals surface area contributed by atoms with Crippen molar-refractivity contribution in [2.24, 2.45) is 0 Å². The molecule has 1 aromatic heterocycles. The van der Waals surface area contributed by atoms with Crippen LogP contribution in [0, 0.1) is 0 Å². The van der Waals surface area contributed by atoms with Gasteiger partial charge in [0.25, 0.3) is 0 Å². The molecule has 0 aliphatic carbocycles. The minimum atomic E-state index is -0.666. The molecule has 0 aromatic carbocycles. The molecule has 0 amide bonds. The SMILES string of the molecule is CN1CCCCC1(CCCc1cccnc1)C(=O)O. The van der Waals surface area contributed by atoms with Crippen molar-refractivity contribution in [3.05, 3.63) is 30.1 Å². The summed E-state index contributed by atoms with van der Waals surface area (Å²) in [5.41, 5.74) is 0.530. The van der Waals surface area contributed by atoms with E-state index in [-0.39, 0.29) is 0 Å². The molecule has 4 nitrogen and oxygen atoms in total. The standard InChI is InChI=1S/C15H22N2O2/c1-17-11-3-2-8-15(17,14(18)19)9-4-6-13-7-5-10-16-12-13/h5,7,10,12H,2-4,6,8-9,11H2,1H3,(H,18,19). The van der Waals surface area contributed by atoms with E-state index in [4.69, 9.17) is 0 Å². The summed E-state index contributed by atoms with van der Waals surface area (Å²) in [6.07, 6.45) is 9.02. The van der Waals surface area contributed by atoms with Gasteiger partial charge in [0, 0.05) is 12.4 Å². The molecule has 1 aromatic rings. The molecular weight excluding hydrogens is 240 g/mol. The van der Waals surface area contributed by atoms with Gasteiger partial charge in [-0.05, 0) is 63.7 Å². The normalized spacial score (nSPS) is 24.3. The van der Waals surface area contributed by atoms with Crippen molar-refractivity contribution in [2.75, 3.05) is 13.6 Å². The quantitative estimate of drug-likeness (QED) is 0.885. The molecule has 1 N–H and O–H groups in total. The first-order valence-electron chi connectivity index (χ1n) is 6.99. The monoisotopic (exact) mass is 262 g/mol. The van der Waals surface area contributed by atoms with Gasteiger partial charge in [-0.25, -0.2) is 0 Å². The van der Waals surface area contributed by atoms with Crippen LogP contribution in [0.15, 0.2) is 24.5 Å². The second-order valence-electron chi connectivity index (χ2n) is 5.43. The first kappa shape index (κ1) is 14.0. The number of carboxylic acids is 1. The van der Waals surface area contributed by atoms with Crippen molar-refractivity contribution >= 4 is 5.97 Å². The average molecular weight is 262 g/mol. The molecule has 19 heavy (non-hydrogen) atoms. The Morgan fingerprint density at radius 2 is 2.37 bits per heavy atom. The Bertz CT molecular complexity index is 421. The van der Waals surface area contributed by atoms with Crippen molar-refractivity contribution < 1.29 is 9.90 Å². The van der Waals surface area contributed by atoms with E-state index in [2.05, 4.69) is 4.98 Å². The number of likely N-dealkylation sites (tertiary alicyclic amines) is 1. The van der Waals surface area contributed by atoms with E-state index in [9.17, 15) is 9.90 Å². The van der Waals surface area contributed by atoms with Crippen LogP contribution >= 0.6 is 0 Å². The highest BCUT2D eigenvalue weighted by molar-refractivity contribution is 5.78. The van der Waals surface area contributed by atoms with Gasteiger partial charge < -0.3 is 5.11 Å². The van der Waals surface area contributed by atoms with Gasteiger partial charge in [-0.15, -0.1) is 0 Å². The predicted octanol–water partition coefficient (Wildman–Crippen LogP) is 2.34. The van der Waals surface area contributed by atoms with Crippen LogP contribution < -0.4 is 0 Å². The Labute approximate surface area is 114 Å². The summed E-state index contributed by atoms with van der Waals surface area (Å²) in [6, 6.07) is 3.97. The van der Waals surface area contributed by atoms with Gasteiger partial charge in [-0.3, -0.25) is 14.7 Å². The molecule has 1 fully saturated rings. The van der Waals surface area contributed by atoms with Gasteiger partial charge in [0.05, 0.1) is 0 Å². The van der Waals surface area contributed by atoms with E-state index in [1.807, 2.05) is 30.3 Å². The van der Waals surface area contributed by atoms with Crippen molar-refractivity contribution in [2.45, 2.75) is 44.1 Å². The third-order valence-electron chi connectivity index (χ3n) is 4.24. The number of rotatable bonds is 5. The molecule has 0 radical (unpaired) electrons. The van der Waals surface area contributed by atoms with Gasteiger partial charge in [-0.1, -0.05) is 6.07 Å².